The molecule has 2 heterocycles. The van der Waals surface area contributed by atoms with Crippen molar-refractivity contribution in [1.29, 1.82) is 0 Å². The Morgan fingerprint density at radius 1 is 1.65 bits per heavy atom. The van der Waals surface area contributed by atoms with Gasteiger partial charge in [0.25, 0.3) is 0 Å². The van der Waals surface area contributed by atoms with Gasteiger partial charge in [-0.3, -0.25) is 14.7 Å². The molecule has 5 heteroatoms. The van der Waals surface area contributed by atoms with E-state index in [2.05, 4.69) is 9.88 Å². The fourth-order valence-electron chi connectivity index (χ4n) is 1.83. The molecule has 1 amide bonds. The summed E-state index contributed by atoms with van der Waals surface area (Å²) < 4.78 is 5.13. The molecule has 1 atom stereocenters. The van der Waals surface area contributed by atoms with E-state index in [4.69, 9.17) is 10.5 Å². The molecule has 0 radical (unpaired) electrons. The maximum Gasteiger partial charge on any atom is 0.227 e. The number of ether oxygens (including phenoxy) is 1. The summed E-state index contributed by atoms with van der Waals surface area (Å²) in [6.45, 7) is 2.04. The topological polar surface area (TPSA) is 68.5 Å². The van der Waals surface area contributed by atoms with Crippen molar-refractivity contribution in [1.82, 2.24) is 9.88 Å². The lowest BCUT2D eigenvalue weighted by Gasteiger charge is -2.35. The Bertz CT molecular complexity index is 379. The second-order valence-corrected chi connectivity index (χ2v) is 4.34. The first kappa shape index (κ1) is 12.0. The highest BCUT2D eigenvalue weighted by Crippen LogP contribution is 2.17. The molecule has 2 rings (SSSR count). The molecule has 0 spiro atoms. The first-order chi connectivity index (χ1) is 8.18. The van der Waals surface area contributed by atoms with Crippen molar-refractivity contribution in [2.75, 3.05) is 26.8 Å². The van der Waals surface area contributed by atoms with Gasteiger partial charge in [-0.15, -0.1) is 0 Å². The number of aromatic nitrogens is 1. The van der Waals surface area contributed by atoms with Crippen molar-refractivity contribution in [2.45, 2.75) is 12.0 Å². The minimum absolute atomic E-state index is 0.337. The fourth-order valence-corrected chi connectivity index (χ4v) is 1.83. The Morgan fingerprint density at radius 2 is 2.41 bits per heavy atom. The summed E-state index contributed by atoms with van der Waals surface area (Å²) in [6, 6.07) is 5.91. The van der Waals surface area contributed by atoms with Gasteiger partial charge in [-0.05, 0) is 19.2 Å². The number of pyridine rings is 1. The second-order valence-electron chi connectivity index (χ2n) is 4.34. The van der Waals surface area contributed by atoms with Crippen LogP contribution in [0.25, 0.3) is 0 Å². The van der Waals surface area contributed by atoms with Crippen LogP contribution < -0.4 is 5.73 Å². The minimum atomic E-state index is -0.359. The third-order valence-electron chi connectivity index (χ3n) is 3.10. The maximum atomic E-state index is 11.5. The number of carbonyl (C=O) groups excluding carboxylic acids is 1. The number of nitrogens with zero attached hydrogens (tertiary/aromatic N) is 2. The standard InChI is InChI=1S/C12H17N3O2/c1-15(9-7-17-8-9)6-10(12(13)16)11-4-2-3-5-14-11/h2-5,9-10H,6-8H2,1H3,(H2,13,16). The number of amides is 1. The van der Waals surface area contributed by atoms with Crippen LogP contribution in [0.2, 0.25) is 0 Å². The van der Waals surface area contributed by atoms with Crippen LogP contribution in [0.15, 0.2) is 24.4 Å². The minimum Gasteiger partial charge on any atom is -0.378 e. The molecule has 5 nitrogen and oxygen atoms in total. The normalized spacial score (nSPS) is 17.8. The van der Waals surface area contributed by atoms with Gasteiger partial charge < -0.3 is 10.5 Å². The van der Waals surface area contributed by atoms with Crippen molar-refractivity contribution in [2.24, 2.45) is 5.73 Å². The number of primary amides is 1. The highest BCUT2D eigenvalue weighted by atomic mass is 16.5. The zero-order valence-corrected chi connectivity index (χ0v) is 9.87. The van der Waals surface area contributed by atoms with E-state index in [1.807, 2.05) is 25.2 Å². The summed E-state index contributed by atoms with van der Waals surface area (Å²) in [5.41, 5.74) is 6.17. The van der Waals surface area contributed by atoms with E-state index in [1.54, 1.807) is 6.20 Å². The summed E-state index contributed by atoms with van der Waals surface area (Å²) in [4.78, 5) is 17.8. The van der Waals surface area contributed by atoms with E-state index < -0.39 is 0 Å². The zero-order chi connectivity index (χ0) is 12.3. The van der Waals surface area contributed by atoms with Crippen molar-refractivity contribution in [3.05, 3.63) is 30.1 Å². The molecule has 1 aromatic rings. The van der Waals surface area contributed by atoms with Gasteiger partial charge >= 0.3 is 0 Å². The zero-order valence-electron chi connectivity index (χ0n) is 9.87. The summed E-state index contributed by atoms with van der Waals surface area (Å²) in [5, 5.41) is 0. The molecule has 1 fully saturated rings. The van der Waals surface area contributed by atoms with Crippen LogP contribution in [0, 0.1) is 0 Å². The predicted octanol–water partition coefficient (Wildman–Crippen LogP) is -0.0189. The van der Waals surface area contributed by atoms with Crippen LogP contribution in [-0.4, -0.2) is 48.6 Å². The number of hydrogen-bond acceptors (Lipinski definition) is 4. The quantitative estimate of drug-likeness (QED) is 0.779. The first-order valence-electron chi connectivity index (χ1n) is 5.66. The largest absolute Gasteiger partial charge is 0.378 e. The lowest BCUT2D eigenvalue weighted by molar-refractivity contribution is -0.121. The van der Waals surface area contributed by atoms with Crippen LogP contribution >= 0.6 is 0 Å². The molecule has 1 saturated heterocycles. The summed E-state index contributed by atoms with van der Waals surface area (Å²) >= 11 is 0. The third-order valence-corrected chi connectivity index (χ3v) is 3.10. The molecule has 1 aliphatic heterocycles. The fraction of sp³-hybridized carbons (Fsp3) is 0.500. The smallest absolute Gasteiger partial charge is 0.227 e. The van der Waals surface area contributed by atoms with Gasteiger partial charge in [0.15, 0.2) is 0 Å². The summed E-state index contributed by atoms with van der Waals surface area (Å²) in [5.74, 6) is -0.697. The van der Waals surface area contributed by atoms with Gasteiger partial charge in [0, 0.05) is 12.7 Å². The van der Waals surface area contributed by atoms with Crippen molar-refractivity contribution < 1.29 is 9.53 Å². The van der Waals surface area contributed by atoms with Gasteiger partial charge in [-0.1, -0.05) is 6.07 Å². The van der Waals surface area contributed by atoms with Crippen molar-refractivity contribution >= 4 is 5.91 Å². The number of hydrogen-bond donors (Lipinski definition) is 1. The van der Waals surface area contributed by atoms with Gasteiger partial charge in [0.1, 0.15) is 0 Å². The number of carbonyl (C=O) groups is 1. The SMILES string of the molecule is CN(CC(C(N)=O)c1ccccn1)C1COC1. The molecule has 0 aromatic carbocycles. The van der Waals surface area contributed by atoms with Gasteiger partial charge in [-0.25, -0.2) is 0 Å². The molecule has 0 saturated carbocycles. The Balaban J connectivity index is 2.05. The Kier molecular flexibility index (Phi) is 3.71. The van der Waals surface area contributed by atoms with E-state index >= 15 is 0 Å². The van der Waals surface area contributed by atoms with Crippen LogP contribution in [0.1, 0.15) is 11.6 Å². The van der Waals surface area contributed by atoms with Crippen LogP contribution in [-0.2, 0) is 9.53 Å². The molecule has 0 aliphatic carbocycles. The Labute approximate surface area is 101 Å². The van der Waals surface area contributed by atoms with Crippen molar-refractivity contribution in [3.8, 4) is 0 Å². The van der Waals surface area contributed by atoms with E-state index in [1.165, 1.54) is 0 Å². The lowest BCUT2D eigenvalue weighted by Crippen LogP contribution is -2.49. The van der Waals surface area contributed by atoms with Gasteiger partial charge in [0.05, 0.1) is 30.9 Å². The summed E-state index contributed by atoms with van der Waals surface area (Å²) in [7, 11) is 1.98. The molecule has 1 aliphatic rings. The number of rotatable bonds is 5. The number of nitrogens with two attached hydrogens (primary N) is 1. The Morgan fingerprint density at radius 3 is 2.88 bits per heavy atom. The van der Waals surface area contributed by atoms with E-state index in [9.17, 15) is 4.79 Å². The second kappa shape index (κ2) is 5.25. The third kappa shape index (κ3) is 2.81. The van der Waals surface area contributed by atoms with Crippen molar-refractivity contribution in [3.63, 3.8) is 0 Å². The van der Waals surface area contributed by atoms with E-state index in [-0.39, 0.29) is 11.8 Å². The molecule has 0 bridgehead atoms. The van der Waals surface area contributed by atoms with E-state index in [0.29, 0.717) is 12.6 Å². The molecule has 1 unspecified atom stereocenters. The van der Waals surface area contributed by atoms with Crippen LogP contribution in [0.3, 0.4) is 0 Å². The number of likely N-dealkylation sites (N-methyl/N-ethyl adjacent to an activating group) is 1. The molecule has 17 heavy (non-hydrogen) atoms. The van der Waals surface area contributed by atoms with Crippen LogP contribution in [0.5, 0.6) is 0 Å². The molecule has 92 valence electrons. The Hall–Kier alpha value is -1.46. The van der Waals surface area contributed by atoms with Gasteiger partial charge in [0.2, 0.25) is 5.91 Å². The van der Waals surface area contributed by atoms with Gasteiger partial charge in [-0.2, -0.15) is 0 Å². The molecular weight excluding hydrogens is 218 g/mol. The average molecular weight is 235 g/mol. The maximum absolute atomic E-state index is 11.5. The molecule has 2 N–H and O–H groups in total. The highest BCUT2D eigenvalue weighted by molar-refractivity contribution is 5.81. The molecule has 1 aromatic heterocycles. The lowest BCUT2D eigenvalue weighted by atomic mass is 10.0. The molecular formula is C12H17N3O2. The van der Waals surface area contributed by atoms with E-state index in [0.717, 1.165) is 18.9 Å². The predicted molar refractivity (Wildman–Crippen MR) is 63.4 cm³/mol. The first-order valence-corrected chi connectivity index (χ1v) is 5.66. The summed E-state index contributed by atoms with van der Waals surface area (Å²) in [6.07, 6.45) is 1.68. The monoisotopic (exact) mass is 235 g/mol. The van der Waals surface area contributed by atoms with Crippen LogP contribution in [0.4, 0.5) is 0 Å². The average Bonchev–Trinajstić information content (AvgIpc) is 2.24. The highest BCUT2D eigenvalue weighted by Gasteiger charge is 2.28.